The minimum Gasteiger partial charge on any atom is -0.481 e. The quantitative estimate of drug-likeness (QED) is 0.505. The third-order valence-electron chi connectivity index (χ3n) is 4.92. The van der Waals surface area contributed by atoms with Crippen molar-refractivity contribution in [3.63, 3.8) is 0 Å². The standard InChI is InChI=1S/C23H29ClN2O5S/c1-7-26(8-2)22(28)19-14(5)18(23(29)30-9-3)21(32-19)25-20(27)15(6)31-17-11-10-16(24)12-13(17)4/h10-12,15H,7-9H2,1-6H3,(H,25,27). The summed E-state index contributed by atoms with van der Waals surface area (Å²) >= 11 is 7.04. The Labute approximate surface area is 197 Å². The van der Waals surface area contributed by atoms with Gasteiger partial charge in [0.05, 0.1) is 17.0 Å². The molecule has 2 aromatic rings. The van der Waals surface area contributed by atoms with Crippen molar-refractivity contribution in [2.24, 2.45) is 0 Å². The third-order valence-corrected chi connectivity index (χ3v) is 6.35. The number of benzene rings is 1. The van der Waals surface area contributed by atoms with Crippen molar-refractivity contribution in [2.75, 3.05) is 25.0 Å². The predicted octanol–water partition coefficient (Wildman–Crippen LogP) is 5.08. The van der Waals surface area contributed by atoms with E-state index < -0.39 is 18.0 Å². The van der Waals surface area contributed by atoms with Crippen LogP contribution in [0.25, 0.3) is 0 Å². The molecule has 9 heteroatoms. The summed E-state index contributed by atoms with van der Waals surface area (Å²) in [6.45, 7) is 11.8. The fourth-order valence-electron chi connectivity index (χ4n) is 3.11. The van der Waals surface area contributed by atoms with Crippen molar-refractivity contribution in [1.29, 1.82) is 0 Å². The zero-order valence-corrected chi connectivity index (χ0v) is 20.8. The van der Waals surface area contributed by atoms with E-state index >= 15 is 0 Å². The molecule has 0 bridgehead atoms. The van der Waals surface area contributed by atoms with E-state index in [0.717, 1.165) is 16.9 Å². The number of thiophene rings is 1. The highest BCUT2D eigenvalue weighted by atomic mass is 35.5. The molecule has 2 amide bonds. The summed E-state index contributed by atoms with van der Waals surface area (Å²) in [5.74, 6) is -0.697. The summed E-state index contributed by atoms with van der Waals surface area (Å²) < 4.78 is 11.0. The predicted molar refractivity (Wildman–Crippen MR) is 127 cm³/mol. The fraction of sp³-hybridized carbons (Fsp3) is 0.435. The Bertz CT molecular complexity index is 1000. The molecule has 0 spiro atoms. The fourth-order valence-corrected chi connectivity index (χ4v) is 4.50. The molecule has 0 aliphatic heterocycles. The van der Waals surface area contributed by atoms with Crippen molar-refractivity contribution in [3.8, 4) is 5.75 Å². The second-order valence-corrected chi connectivity index (χ2v) is 8.57. The van der Waals surface area contributed by atoms with E-state index in [1.807, 2.05) is 20.8 Å². The lowest BCUT2D eigenvalue weighted by molar-refractivity contribution is -0.122. The Kier molecular flexibility index (Phi) is 9.09. The maximum absolute atomic E-state index is 12.9. The van der Waals surface area contributed by atoms with Crippen molar-refractivity contribution >= 4 is 45.7 Å². The van der Waals surface area contributed by atoms with Crippen LogP contribution in [0.1, 0.15) is 58.9 Å². The molecule has 0 fully saturated rings. The van der Waals surface area contributed by atoms with Gasteiger partial charge in [0.15, 0.2) is 6.10 Å². The lowest BCUT2D eigenvalue weighted by Crippen LogP contribution is -2.30. The van der Waals surface area contributed by atoms with Crippen LogP contribution in [-0.4, -0.2) is 48.5 Å². The van der Waals surface area contributed by atoms with E-state index in [1.54, 1.807) is 43.9 Å². The number of ether oxygens (including phenoxy) is 2. The van der Waals surface area contributed by atoms with Gasteiger partial charge in [-0.05, 0) is 70.9 Å². The molecular formula is C23H29ClN2O5S. The SMILES string of the molecule is CCOC(=O)c1c(NC(=O)C(C)Oc2ccc(Cl)cc2C)sc(C(=O)N(CC)CC)c1C. The molecule has 1 aromatic heterocycles. The normalized spacial score (nSPS) is 11.6. The number of nitrogens with one attached hydrogen (secondary N) is 1. The Morgan fingerprint density at radius 3 is 2.38 bits per heavy atom. The number of hydrogen-bond donors (Lipinski definition) is 1. The summed E-state index contributed by atoms with van der Waals surface area (Å²) in [7, 11) is 0. The van der Waals surface area contributed by atoms with Gasteiger partial charge in [-0.3, -0.25) is 9.59 Å². The number of anilines is 1. The van der Waals surface area contributed by atoms with Gasteiger partial charge in [-0.25, -0.2) is 4.79 Å². The molecule has 0 aliphatic rings. The average Bonchev–Trinajstić information content (AvgIpc) is 3.06. The van der Waals surface area contributed by atoms with Gasteiger partial charge in [-0.15, -0.1) is 11.3 Å². The molecule has 2 rings (SSSR count). The maximum atomic E-state index is 12.9. The third kappa shape index (κ3) is 5.81. The van der Waals surface area contributed by atoms with Gasteiger partial charge in [-0.2, -0.15) is 0 Å². The highest BCUT2D eigenvalue weighted by Gasteiger charge is 2.29. The van der Waals surface area contributed by atoms with Crippen molar-refractivity contribution in [2.45, 2.75) is 47.6 Å². The number of amides is 2. The maximum Gasteiger partial charge on any atom is 0.341 e. The molecule has 7 nitrogen and oxygen atoms in total. The number of aryl methyl sites for hydroxylation is 1. The highest BCUT2D eigenvalue weighted by Crippen LogP contribution is 2.35. The van der Waals surface area contributed by atoms with Gasteiger partial charge in [0.1, 0.15) is 10.8 Å². The van der Waals surface area contributed by atoms with Crippen molar-refractivity contribution in [3.05, 3.63) is 44.8 Å². The Balaban J connectivity index is 2.33. The van der Waals surface area contributed by atoms with Crippen LogP contribution in [-0.2, 0) is 9.53 Å². The summed E-state index contributed by atoms with van der Waals surface area (Å²) in [6, 6.07) is 5.12. The lowest BCUT2D eigenvalue weighted by Gasteiger charge is -2.18. The van der Waals surface area contributed by atoms with Crippen LogP contribution in [0.4, 0.5) is 5.00 Å². The number of rotatable bonds is 9. The smallest absolute Gasteiger partial charge is 0.341 e. The zero-order chi connectivity index (χ0) is 24.0. The Morgan fingerprint density at radius 2 is 1.81 bits per heavy atom. The number of carbonyl (C=O) groups excluding carboxylic acids is 3. The van der Waals surface area contributed by atoms with E-state index in [1.165, 1.54) is 0 Å². The molecule has 1 aromatic carbocycles. The van der Waals surface area contributed by atoms with Gasteiger partial charge in [0.2, 0.25) is 0 Å². The average molecular weight is 481 g/mol. The largest absolute Gasteiger partial charge is 0.481 e. The number of halogens is 1. The minimum absolute atomic E-state index is 0.177. The first kappa shape index (κ1) is 25.7. The van der Waals surface area contributed by atoms with Crippen LogP contribution in [0.5, 0.6) is 5.75 Å². The molecule has 32 heavy (non-hydrogen) atoms. The van der Waals surface area contributed by atoms with Gasteiger partial charge in [-0.1, -0.05) is 11.6 Å². The van der Waals surface area contributed by atoms with Crippen LogP contribution >= 0.6 is 22.9 Å². The molecule has 0 saturated carbocycles. The molecule has 0 saturated heterocycles. The van der Waals surface area contributed by atoms with Gasteiger partial charge in [0.25, 0.3) is 11.8 Å². The van der Waals surface area contributed by atoms with Crippen molar-refractivity contribution < 1.29 is 23.9 Å². The first-order chi connectivity index (χ1) is 15.1. The van der Waals surface area contributed by atoms with Crippen LogP contribution in [0.3, 0.4) is 0 Å². The number of esters is 1. The van der Waals surface area contributed by atoms with Gasteiger partial charge in [0, 0.05) is 18.1 Å². The van der Waals surface area contributed by atoms with E-state index in [4.69, 9.17) is 21.1 Å². The number of nitrogens with zero attached hydrogens (tertiary/aromatic N) is 1. The van der Waals surface area contributed by atoms with Crippen LogP contribution < -0.4 is 10.1 Å². The summed E-state index contributed by atoms with van der Waals surface area (Å²) in [5, 5.41) is 3.59. The first-order valence-corrected chi connectivity index (χ1v) is 11.7. The van der Waals surface area contributed by atoms with Crippen LogP contribution in [0, 0.1) is 13.8 Å². The second-order valence-electron chi connectivity index (χ2n) is 7.12. The first-order valence-electron chi connectivity index (χ1n) is 10.5. The van der Waals surface area contributed by atoms with Gasteiger partial charge >= 0.3 is 5.97 Å². The van der Waals surface area contributed by atoms with Crippen LogP contribution in [0.2, 0.25) is 5.02 Å². The molecule has 0 aliphatic carbocycles. The zero-order valence-electron chi connectivity index (χ0n) is 19.2. The van der Waals surface area contributed by atoms with E-state index in [-0.39, 0.29) is 23.1 Å². The molecule has 1 unspecified atom stereocenters. The number of carbonyl (C=O) groups is 3. The molecular weight excluding hydrogens is 452 g/mol. The summed E-state index contributed by atoms with van der Waals surface area (Å²) in [5.41, 5.74) is 1.47. The molecule has 1 heterocycles. The van der Waals surface area contributed by atoms with E-state index in [2.05, 4.69) is 5.32 Å². The van der Waals surface area contributed by atoms with Crippen LogP contribution in [0.15, 0.2) is 18.2 Å². The number of hydrogen-bond acceptors (Lipinski definition) is 6. The lowest BCUT2D eigenvalue weighted by atomic mass is 10.1. The Hall–Kier alpha value is -2.58. The topological polar surface area (TPSA) is 84.9 Å². The molecule has 174 valence electrons. The van der Waals surface area contributed by atoms with Gasteiger partial charge < -0.3 is 19.7 Å². The Morgan fingerprint density at radius 1 is 1.16 bits per heavy atom. The minimum atomic E-state index is -0.853. The molecule has 1 atom stereocenters. The highest BCUT2D eigenvalue weighted by molar-refractivity contribution is 7.18. The summed E-state index contributed by atoms with van der Waals surface area (Å²) in [4.78, 5) is 40.5. The molecule has 0 radical (unpaired) electrons. The van der Waals surface area contributed by atoms with Crippen molar-refractivity contribution in [1.82, 2.24) is 4.90 Å². The van der Waals surface area contributed by atoms with E-state index in [0.29, 0.717) is 34.3 Å². The summed E-state index contributed by atoms with van der Waals surface area (Å²) in [6.07, 6.45) is -0.853. The molecule has 1 N–H and O–H groups in total. The monoisotopic (exact) mass is 480 g/mol. The second kappa shape index (κ2) is 11.3. The van der Waals surface area contributed by atoms with E-state index in [9.17, 15) is 14.4 Å².